The van der Waals surface area contributed by atoms with Gasteiger partial charge in [-0.3, -0.25) is 4.90 Å². The normalized spacial score (nSPS) is 31.3. The summed E-state index contributed by atoms with van der Waals surface area (Å²) in [5.41, 5.74) is 3.26. The Morgan fingerprint density at radius 3 is 2.68 bits per heavy atom. The second kappa shape index (κ2) is 6.34. The van der Waals surface area contributed by atoms with Crippen LogP contribution < -0.4 is 5.32 Å². The summed E-state index contributed by atoms with van der Waals surface area (Å²) in [6, 6.07) is 10.2. The molecule has 4 heteroatoms. The Hall–Kier alpha value is -0.940. The second-order valence-corrected chi connectivity index (χ2v) is 9.10. The van der Waals surface area contributed by atoms with Crippen LogP contribution in [-0.2, 0) is 16.6 Å². The highest BCUT2D eigenvalue weighted by Crippen LogP contribution is 2.57. The molecule has 1 aromatic carbocycles. The molecular formula is C21H32N2O2. The molecule has 2 aliphatic carbocycles. The first kappa shape index (κ1) is 17.5. The van der Waals surface area contributed by atoms with Crippen molar-refractivity contribution in [1.29, 1.82) is 0 Å². The van der Waals surface area contributed by atoms with E-state index in [-0.39, 0.29) is 5.60 Å². The monoisotopic (exact) mass is 344 g/mol. The predicted molar refractivity (Wildman–Crippen MR) is 99.4 cm³/mol. The zero-order valence-electron chi connectivity index (χ0n) is 15.8. The molecule has 0 radical (unpaired) electrons. The van der Waals surface area contributed by atoms with Gasteiger partial charge in [-0.25, -0.2) is 0 Å². The molecule has 1 aromatic rings. The Bertz CT molecular complexity index is 619. The van der Waals surface area contributed by atoms with Crippen LogP contribution >= 0.6 is 0 Å². The molecule has 0 amide bonds. The van der Waals surface area contributed by atoms with Crippen LogP contribution in [0.3, 0.4) is 0 Å². The summed E-state index contributed by atoms with van der Waals surface area (Å²) in [6.07, 6.45) is 5.22. The Kier molecular flexibility index (Phi) is 4.43. The molecule has 3 aliphatic rings. The topological polar surface area (TPSA) is 44.7 Å². The zero-order chi connectivity index (χ0) is 17.7. The van der Waals surface area contributed by atoms with Crippen LogP contribution in [0.2, 0.25) is 0 Å². The largest absolute Gasteiger partial charge is 0.356 e. The number of likely N-dealkylation sites (tertiary alicyclic amines) is 1. The first-order valence-corrected chi connectivity index (χ1v) is 9.82. The number of nitrogens with zero attached hydrogens (tertiary/aromatic N) is 1. The fraction of sp³-hybridized carbons (Fsp3) is 0.714. The van der Waals surface area contributed by atoms with E-state index in [2.05, 4.69) is 34.5 Å². The van der Waals surface area contributed by atoms with Gasteiger partial charge in [0.15, 0.2) is 0 Å². The lowest BCUT2D eigenvalue weighted by Gasteiger charge is -2.37. The number of aryl methyl sites for hydroxylation is 1. The fourth-order valence-corrected chi connectivity index (χ4v) is 4.78. The number of hydrogen-bond acceptors (Lipinski definition) is 4. The maximum atomic E-state index is 10.3. The van der Waals surface area contributed by atoms with Gasteiger partial charge in [0.25, 0.3) is 0 Å². The van der Waals surface area contributed by atoms with Crippen molar-refractivity contribution >= 4 is 0 Å². The lowest BCUT2D eigenvalue weighted by atomic mass is 9.96. The second-order valence-electron chi connectivity index (χ2n) is 9.10. The first-order chi connectivity index (χ1) is 11.9. The van der Waals surface area contributed by atoms with Crippen LogP contribution in [0.15, 0.2) is 24.3 Å². The minimum Gasteiger partial charge on any atom is -0.356 e. The summed E-state index contributed by atoms with van der Waals surface area (Å²) < 4.78 is 5.68. The van der Waals surface area contributed by atoms with Gasteiger partial charge in [-0.2, -0.15) is 0 Å². The number of nitrogens with one attached hydrogen (secondary N) is 1. The van der Waals surface area contributed by atoms with Gasteiger partial charge in [0, 0.05) is 30.6 Å². The summed E-state index contributed by atoms with van der Waals surface area (Å²) >= 11 is 0. The number of aliphatic hydroxyl groups excluding tert-OH is 1. The van der Waals surface area contributed by atoms with Crippen molar-refractivity contribution in [2.45, 2.75) is 82.4 Å². The van der Waals surface area contributed by atoms with E-state index in [0.717, 1.165) is 25.9 Å². The lowest BCUT2D eigenvalue weighted by Crippen LogP contribution is -2.50. The molecule has 0 bridgehead atoms. The third-order valence-electron chi connectivity index (χ3n) is 6.21. The van der Waals surface area contributed by atoms with Gasteiger partial charge in [0.1, 0.15) is 0 Å². The van der Waals surface area contributed by atoms with Crippen LogP contribution in [0.1, 0.15) is 57.6 Å². The molecule has 1 saturated carbocycles. The Morgan fingerprint density at radius 2 is 1.96 bits per heavy atom. The minimum absolute atomic E-state index is 0.315. The smallest absolute Gasteiger partial charge is 0.216 e. The van der Waals surface area contributed by atoms with E-state index in [1.165, 1.54) is 19.3 Å². The van der Waals surface area contributed by atoms with Crippen LogP contribution in [-0.4, -0.2) is 47.2 Å². The summed E-state index contributed by atoms with van der Waals surface area (Å²) in [5, 5.41) is 14.2. The van der Waals surface area contributed by atoms with E-state index in [1.54, 1.807) is 11.1 Å². The molecule has 0 aromatic heterocycles. The highest BCUT2D eigenvalue weighted by Gasteiger charge is 2.58. The molecular weight excluding hydrogens is 312 g/mol. The molecule has 138 valence electrons. The van der Waals surface area contributed by atoms with E-state index in [4.69, 9.17) is 4.74 Å². The van der Waals surface area contributed by atoms with Crippen LogP contribution in [0.5, 0.6) is 0 Å². The SMILES string of the molecule is CC(C)(C)OC(O)N1CCC(NC2CC23CCc2ccccc23)CC1. The van der Waals surface area contributed by atoms with E-state index < -0.39 is 6.41 Å². The molecule has 1 heterocycles. The average Bonchev–Trinajstić information content (AvgIpc) is 3.12. The molecule has 2 N–H and O–H groups in total. The summed E-state index contributed by atoms with van der Waals surface area (Å²) in [7, 11) is 0. The molecule has 1 saturated heterocycles. The van der Waals surface area contributed by atoms with Gasteiger partial charge in [0.2, 0.25) is 6.41 Å². The Balaban J connectivity index is 1.28. The molecule has 3 atom stereocenters. The number of piperidine rings is 1. The summed E-state index contributed by atoms with van der Waals surface area (Å²) in [6.45, 7) is 7.74. The highest BCUT2D eigenvalue weighted by molar-refractivity contribution is 5.46. The van der Waals surface area contributed by atoms with E-state index in [1.807, 2.05) is 20.8 Å². The number of ether oxygens (including phenoxy) is 1. The summed E-state index contributed by atoms with van der Waals surface area (Å²) in [5.74, 6) is 0. The number of fused-ring (bicyclic) bond motifs is 2. The van der Waals surface area contributed by atoms with Crippen LogP contribution in [0.25, 0.3) is 0 Å². The van der Waals surface area contributed by atoms with Gasteiger partial charge in [-0.15, -0.1) is 0 Å². The maximum absolute atomic E-state index is 10.3. The van der Waals surface area contributed by atoms with Crippen molar-refractivity contribution in [2.24, 2.45) is 0 Å². The van der Waals surface area contributed by atoms with Gasteiger partial charge in [0.05, 0.1) is 5.60 Å². The van der Waals surface area contributed by atoms with Gasteiger partial charge in [-0.05, 0) is 64.0 Å². The standard InChI is InChI=1S/C21H32N2O2/c1-20(2,3)25-19(24)23-12-9-16(10-13-23)22-18-14-21(18)11-8-15-6-4-5-7-17(15)21/h4-7,16,18-19,22,24H,8-14H2,1-3H3. The molecule has 1 aliphatic heterocycles. The lowest BCUT2D eigenvalue weighted by molar-refractivity contribution is -0.242. The summed E-state index contributed by atoms with van der Waals surface area (Å²) in [4.78, 5) is 2.05. The molecule has 4 nitrogen and oxygen atoms in total. The van der Waals surface area contributed by atoms with E-state index in [9.17, 15) is 5.11 Å². The molecule has 1 spiro atoms. The minimum atomic E-state index is -0.782. The van der Waals surface area contributed by atoms with Crippen molar-refractivity contribution in [1.82, 2.24) is 10.2 Å². The third kappa shape index (κ3) is 3.50. The van der Waals surface area contributed by atoms with Crippen molar-refractivity contribution in [3.05, 3.63) is 35.4 Å². The third-order valence-corrected chi connectivity index (χ3v) is 6.21. The van der Waals surface area contributed by atoms with Crippen molar-refractivity contribution < 1.29 is 9.84 Å². The van der Waals surface area contributed by atoms with Crippen LogP contribution in [0.4, 0.5) is 0 Å². The quantitative estimate of drug-likeness (QED) is 0.825. The number of benzene rings is 1. The zero-order valence-corrected chi connectivity index (χ0v) is 15.8. The molecule has 4 rings (SSSR count). The number of aliphatic hydroxyl groups is 1. The van der Waals surface area contributed by atoms with Gasteiger partial charge >= 0.3 is 0 Å². The molecule has 2 fully saturated rings. The van der Waals surface area contributed by atoms with Crippen molar-refractivity contribution in [3.63, 3.8) is 0 Å². The van der Waals surface area contributed by atoms with E-state index in [0.29, 0.717) is 17.5 Å². The highest BCUT2D eigenvalue weighted by atomic mass is 16.6. The molecule has 25 heavy (non-hydrogen) atoms. The van der Waals surface area contributed by atoms with E-state index >= 15 is 0 Å². The van der Waals surface area contributed by atoms with Crippen molar-refractivity contribution in [2.75, 3.05) is 13.1 Å². The number of hydrogen-bond donors (Lipinski definition) is 2. The Labute approximate surface area is 151 Å². The van der Waals surface area contributed by atoms with Gasteiger partial charge < -0.3 is 15.2 Å². The van der Waals surface area contributed by atoms with Crippen molar-refractivity contribution in [3.8, 4) is 0 Å². The molecule has 3 unspecified atom stereocenters. The average molecular weight is 344 g/mol. The van der Waals surface area contributed by atoms with Gasteiger partial charge in [-0.1, -0.05) is 24.3 Å². The first-order valence-electron chi connectivity index (χ1n) is 9.82. The predicted octanol–water partition coefficient (Wildman–Crippen LogP) is 2.79. The fourth-order valence-electron chi connectivity index (χ4n) is 4.78. The maximum Gasteiger partial charge on any atom is 0.216 e. The van der Waals surface area contributed by atoms with Crippen LogP contribution in [0, 0.1) is 0 Å². The Morgan fingerprint density at radius 1 is 1.24 bits per heavy atom. The number of rotatable bonds is 4.